The highest BCUT2D eigenvalue weighted by Crippen LogP contribution is 2.23. The van der Waals surface area contributed by atoms with Crippen LogP contribution in [0, 0.1) is 13.8 Å². The summed E-state index contributed by atoms with van der Waals surface area (Å²) >= 11 is 0. The average molecular weight is 405 g/mol. The van der Waals surface area contributed by atoms with E-state index in [0.717, 1.165) is 24.4 Å². The highest BCUT2D eigenvalue weighted by Gasteiger charge is 2.19. The topological polar surface area (TPSA) is 65.6 Å². The Bertz CT molecular complexity index is 1090. The number of allylic oxidation sites excluding steroid dienone is 2. The molecule has 0 N–H and O–H groups in total. The fourth-order valence-electron chi connectivity index (χ4n) is 4.13. The molecule has 1 aliphatic rings. The van der Waals surface area contributed by atoms with Crippen LogP contribution in [0.1, 0.15) is 64.3 Å². The van der Waals surface area contributed by atoms with Crippen LogP contribution >= 0.6 is 0 Å². The summed E-state index contributed by atoms with van der Waals surface area (Å²) < 4.78 is 9.18. The Hall–Kier alpha value is -3.15. The van der Waals surface area contributed by atoms with Gasteiger partial charge in [0, 0.05) is 35.9 Å². The molecule has 1 aliphatic carbocycles. The SMILES string of the molecule is Cc1cc(C(=O)COC(=O)c2cn3ccccc3n2)c(C)n1CCC1=CCCCC1. The molecular weight excluding hydrogens is 378 g/mol. The van der Waals surface area contributed by atoms with Gasteiger partial charge >= 0.3 is 5.97 Å². The summed E-state index contributed by atoms with van der Waals surface area (Å²) in [6.45, 7) is 4.56. The second-order valence-electron chi connectivity index (χ2n) is 7.89. The van der Waals surface area contributed by atoms with Crippen LogP contribution in [0.4, 0.5) is 0 Å². The lowest BCUT2D eigenvalue weighted by Gasteiger charge is -2.15. The van der Waals surface area contributed by atoms with Gasteiger partial charge in [0.1, 0.15) is 5.65 Å². The predicted molar refractivity (Wildman–Crippen MR) is 115 cm³/mol. The summed E-state index contributed by atoms with van der Waals surface area (Å²) in [6.07, 6.45) is 11.7. The number of rotatable bonds is 7. The maximum Gasteiger partial charge on any atom is 0.359 e. The molecule has 6 nitrogen and oxygen atoms in total. The molecule has 0 saturated heterocycles. The van der Waals surface area contributed by atoms with Crippen molar-refractivity contribution in [2.24, 2.45) is 0 Å². The van der Waals surface area contributed by atoms with E-state index in [9.17, 15) is 9.59 Å². The Morgan fingerprint density at radius 2 is 2.07 bits per heavy atom. The predicted octanol–water partition coefficient (Wildman–Crippen LogP) is 4.68. The number of hydrogen-bond donors (Lipinski definition) is 0. The van der Waals surface area contributed by atoms with Crippen LogP contribution in [0.15, 0.2) is 48.3 Å². The number of nitrogens with zero attached hydrogens (tertiary/aromatic N) is 3. The molecule has 0 radical (unpaired) electrons. The number of carbonyl (C=O) groups excluding carboxylic acids is 2. The first-order chi connectivity index (χ1) is 14.5. The van der Waals surface area contributed by atoms with Crippen LogP contribution in [0.3, 0.4) is 0 Å². The van der Waals surface area contributed by atoms with E-state index in [2.05, 4.69) is 15.6 Å². The Morgan fingerprint density at radius 1 is 1.20 bits per heavy atom. The van der Waals surface area contributed by atoms with Gasteiger partial charge in [0.2, 0.25) is 5.78 Å². The third-order valence-corrected chi connectivity index (χ3v) is 5.82. The van der Waals surface area contributed by atoms with Crippen molar-refractivity contribution in [1.82, 2.24) is 14.0 Å². The fraction of sp³-hybridized carbons (Fsp3) is 0.375. The highest BCUT2D eigenvalue weighted by atomic mass is 16.5. The third-order valence-electron chi connectivity index (χ3n) is 5.82. The van der Waals surface area contributed by atoms with Crippen LogP contribution in [-0.4, -0.2) is 32.3 Å². The number of carbonyl (C=O) groups is 2. The average Bonchev–Trinajstić information content (AvgIpc) is 3.32. The molecule has 0 fully saturated rings. The van der Waals surface area contributed by atoms with E-state index in [1.807, 2.05) is 38.2 Å². The van der Waals surface area contributed by atoms with Crippen molar-refractivity contribution in [3.8, 4) is 0 Å². The van der Waals surface area contributed by atoms with E-state index in [1.54, 1.807) is 16.7 Å². The number of ether oxygens (including phenoxy) is 1. The maximum absolute atomic E-state index is 12.7. The van der Waals surface area contributed by atoms with E-state index in [-0.39, 0.29) is 18.1 Å². The Labute approximate surface area is 176 Å². The van der Waals surface area contributed by atoms with Crippen molar-refractivity contribution in [2.75, 3.05) is 6.61 Å². The van der Waals surface area contributed by atoms with Gasteiger partial charge in [-0.2, -0.15) is 0 Å². The normalized spacial score (nSPS) is 14.0. The van der Waals surface area contributed by atoms with Crippen molar-refractivity contribution in [1.29, 1.82) is 0 Å². The van der Waals surface area contributed by atoms with E-state index in [4.69, 9.17) is 4.74 Å². The number of esters is 1. The van der Waals surface area contributed by atoms with Gasteiger partial charge < -0.3 is 13.7 Å². The van der Waals surface area contributed by atoms with Gasteiger partial charge in [-0.1, -0.05) is 17.7 Å². The second kappa shape index (κ2) is 8.69. The lowest BCUT2D eigenvalue weighted by Crippen LogP contribution is -2.15. The summed E-state index contributed by atoms with van der Waals surface area (Å²) in [6, 6.07) is 7.40. The minimum absolute atomic E-state index is 0.191. The van der Waals surface area contributed by atoms with Crippen molar-refractivity contribution in [3.63, 3.8) is 0 Å². The zero-order valence-electron chi connectivity index (χ0n) is 17.6. The third kappa shape index (κ3) is 4.22. The Balaban J connectivity index is 1.39. The van der Waals surface area contributed by atoms with Crippen LogP contribution in [0.2, 0.25) is 0 Å². The zero-order valence-corrected chi connectivity index (χ0v) is 17.6. The molecular formula is C24H27N3O3. The summed E-state index contributed by atoms with van der Waals surface area (Å²) in [7, 11) is 0. The standard InChI is InChI=1S/C24H27N3O3/c1-17-14-20(18(2)27(17)13-11-19-8-4-3-5-9-19)22(28)16-30-24(29)21-15-26-12-7-6-10-23(26)25-21/h6-8,10,12,14-15H,3-5,9,11,13,16H2,1-2H3. The molecule has 0 saturated carbocycles. The molecule has 0 aromatic carbocycles. The molecule has 0 aliphatic heterocycles. The summed E-state index contributed by atoms with van der Waals surface area (Å²) in [4.78, 5) is 29.3. The molecule has 0 amide bonds. The number of pyridine rings is 1. The lowest BCUT2D eigenvalue weighted by molar-refractivity contribution is 0.0469. The Kier molecular flexibility index (Phi) is 5.84. The molecule has 30 heavy (non-hydrogen) atoms. The van der Waals surface area contributed by atoms with Crippen LogP contribution < -0.4 is 0 Å². The number of aryl methyl sites for hydroxylation is 1. The summed E-state index contributed by atoms with van der Waals surface area (Å²) in [5.74, 6) is -0.784. The summed E-state index contributed by atoms with van der Waals surface area (Å²) in [5.41, 5.74) is 4.97. The Morgan fingerprint density at radius 3 is 2.83 bits per heavy atom. The van der Waals surface area contributed by atoms with Gasteiger partial charge in [-0.3, -0.25) is 4.79 Å². The van der Waals surface area contributed by atoms with E-state index in [0.29, 0.717) is 11.2 Å². The first-order valence-electron chi connectivity index (χ1n) is 10.5. The van der Waals surface area contributed by atoms with Gasteiger partial charge in [-0.25, -0.2) is 9.78 Å². The van der Waals surface area contributed by atoms with Gasteiger partial charge in [-0.05, 0) is 64.2 Å². The van der Waals surface area contributed by atoms with Crippen molar-refractivity contribution >= 4 is 17.4 Å². The minimum atomic E-state index is -0.593. The van der Waals surface area contributed by atoms with Gasteiger partial charge in [0.05, 0.1) is 0 Å². The quantitative estimate of drug-likeness (QED) is 0.325. The number of imidazole rings is 1. The molecule has 3 heterocycles. The molecule has 0 spiro atoms. The second-order valence-corrected chi connectivity index (χ2v) is 7.89. The molecule has 0 bridgehead atoms. The fourth-order valence-corrected chi connectivity index (χ4v) is 4.13. The zero-order chi connectivity index (χ0) is 21.1. The van der Waals surface area contributed by atoms with Crippen molar-refractivity contribution in [2.45, 2.75) is 52.5 Å². The number of aromatic nitrogens is 3. The molecule has 3 aromatic heterocycles. The number of fused-ring (bicyclic) bond motifs is 1. The number of ketones is 1. The van der Waals surface area contributed by atoms with Crippen molar-refractivity contribution in [3.05, 3.63) is 71.0 Å². The summed E-state index contributed by atoms with van der Waals surface area (Å²) in [5, 5.41) is 0. The lowest BCUT2D eigenvalue weighted by atomic mass is 9.97. The van der Waals surface area contributed by atoms with Crippen LogP contribution in [0.5, 0.6) is 0 Å². The van der Waals surface area contributed by atoms with Crippen LogP contribution in [0.25, 0.3) is 5.65 Å². The molecule has 0 unspecified atom stereocenters. The number of Topliss-reactive ketones (excluding diaryl/α,β-unsaturated/α-hetero) is 1. The van der Waals surface area contributed by atoms with Crippen molar-refractivity contribution < 1.29 is 14.3 Å². The monoisotopic (exact) mass is 405 g/mol. The van der Waals surface area contributed by atoms with E-state index in [1.165, 1.54) is 31.3 Å². The minimum Gasteiger partial charge on any atom is -0.453 e. The smallest absolute Gasteiger partial charge is 0.359 e. The van der Waals surface area contributed by atoms with Crippen LogP contribution in [-0.2, 0) is 11.3 Å². The molecule has 6 heteroatoms. The van der Waals surface area contributed by atoms with E-state index < -0.39 is 5.97 Å². The van der Waals surface area contributed by atoms with Gasteiger partial charge in [0.25, 0.3) is 0 Å². The molecule has 0 atom stereocenters. The first-order valence-corrected chi connectivity index (χ1v) is 10.5. The van der Waals surface area contributed by atoms with Gasteiger partial charge in [-0.15, -0.1) is 0 Å². The maximum atomic E-state index is 12.7. The molecule has 3 aromatic rings. The molecule has 156 valence electrons. The van der Waals surface area contributed by atoms with E-state index >= 15 is 0 Å². The molecule has 4 rings (SSSR count). The van der Waals surface area contributed by atoms with Gasteiger partial charge in [0.15, 0.2) is 12.3 Å². The largest absolute Gasteiger partial charge is 0.453 e. The number of hydrogen-bond acceptors (Lipinski definition) is 4. The highest BCUT2D eigenvalue weighted by molar-refractivity contribution is 6.00. The first kappa shape index (κ1) is 20.1.